The molecule has 0 aliphatic heterocycles. The van der Waals surface area contributed by atoms with Gasteiger partial charge in [0.05, 0.1) is 12.7 Å². The molecule has 1 fully saturated rings. The fourth-order valence-corrected chi connectivity index (χ4v) is 3.18. The molecular weight excluding hydrogens is 243 g/mol. The van der Waals surface area contributed by atoms with Crippen LogP contribution in [0.15, 0.2) is 18.2 Å². The van der Waals surface area contributed by atoms with Crippen LogP contribution in [0.4, 0.5) is 4.39 Å². The van der Waals surface area contributed by atoms with Crippen molar-refractivity contribution in [3.05, 3.63) is 29.6 Å². The predicted octanol–water partition coefficient (Wildman–Crippen LogP) is 3.71. The Morgan fingerprint density at radius 2 is 2.26 bits per heavy atom. The minimum Gasteiger partial charge on any atom is -0.494 e. The van der Waals surface area contributed by atoms with Crippen molar-refractivity contribution in [3.63, 3.8) is 0 Å². The Morgan fingerprint density at radius 1 is 1.47 bits per heavy atom. The largest absolute Gasteiger partial charge is 0.494 e. The number of hydrogen-bond acceptors (Lipinski definition) is 2. The summed E-state index contributed by atoms with van der Waals surface area (Å²) in [4.78, 5) is 0. The van der Waals surface area contributed by atoms with Gasteiger partial charge in [0.15, 0.2) is 11.6 Å². The van der Waals surface area contributed by atoms with E-state index in [9.17, 15) is 9.50 Å². The van der Waals surface area contributed by atoms with Gasteiger partial charge in [0.2, 0.25) is 0 Å². The van der Waals surface area contributed by atoms with Crippen LogP contribution in [0, 0.1) is 11.7 Å². The Balaban J connectivity index is 2.15. The first-order valence-corrected chi connectivity index (χ1v) is 7.12. The molecule has 2 atom stereocenters. The van der Waals surface area contributed by atoms with Crippen LogP contribution in [0.3, 0.4) is 0 Å². The first kappa shape index (κ1) is 14.3. The van der Waals surface area contributed by atoms with Gasteiger partial charge in [-0.2, -0.15) is 0 Å². The lowest BCUT2D eigenvalue weighted by atomic mass is 9.74. The Kier molecular flexibility index (Phi) is 4.46. The average molecular weight is 266 g/mol. The minimum absolute atomic E-state index is 0.254. The number of rotatable bonds is 4. The summed E-state index contributed by atoms with van der Waals surface area (Å²) < 4.78 is 19.1. The zero-order chi connectivity index (χ0) is 13.9. The Hall–Kier alpha value is -1.09. The second-order valence-corrected chi connectivity index (χ2v) is 5.71. The van der Waals surface area contributed by atoms with Gasteiger partial charge in [0.1, 0.15) is 0 Å². The molecule has 0 saturated heterocycles. The second kappa shape index (κ2) is 5.91. The maximum Gasteiger partial charge on any atom is 0.168 e. The molecule has 1 aromatic rings. The lowest BCUT2D eigenvalue weighted by Gasteiger charge is -2.37. The van der Waals surface area contributed by atoms with Gasteiger partial charge in [-0.1, -0.05) is 38.3 Å². The molecule has 1 saturated carbocycles. The van der Waals surface area contributed by atoms with Crippen molar-refractivity contribution in [2.75, 3.05) is 7.11 Å². The summed E-state index contributed by atoms with van der Waals surface area (Å²) in [5.41, 5.74) is -0.204. The van der Waals surface area contributed by atoms with Crippen LogP contribution in [0.25, 0.3) is 0 Å². The molecule has 2 rings (SSSR count). The van der Waals surface area contributed by atoms with Crippen molar-refractivity contribution >= 4 is 0 Å². The third kappa shape index (κ3) is 3.27. The van der Waals surface area contributed by atoms with Crippen molar-refractivity contribution in [1.82, 2.24) is 0 Å². The highest BCUT2D eigenvalue weighted by Crippen LogP contribution is 2.37. The van der Waals surface area contributed by atoms with E-state index in [1.807, 2.05) is 0 Å². The Labute approximate surface area is 114 Å². The molecule has 2 unspecified atom stereocenters. The number of benzene rings is 1. The molecule has 1 aliphatic rings. The third-order valence-corrected chi connectivity index (χ3v) is 4.28. The van der Waals surface area contributed by atoms with Crippen LogP contribution >= 0.6 is 0 Å². The van der Waals surface area contributed by atoms with Crippen LogP contribution < -0.4 is 4.74 Å². The van der Waals surface area contributed by atoms with Crippen molar-refractivity contribution in [2.45, 2.75) is 51.0 Å². The summed E-state index contributed by atoms with van der Waals surface area (Å²) >= 11 is 0. The highest BCUT2D eigenvalue weighted by Gasteiger charge is 2.34. The number of hydrogen-bond donors (Lipinski definition) is 1. The van der Waals surface area contributed by atoms with Gasteiger partial charge in [-0.25, -0.2) is 4.39 Å². The van der Waals surface area contributed by atoms with E-state index in [0.29, 0.717) is 17.9 Å². The SMILES string of the molecule is CCC1CCCC(O)(Cc2cccc(OC)c2F)C1. The molecule has 19 heavy (non-hydrogen) atoms. The molecule has 3 heteroatoms. The molecule has 1 aliphatic carbocycles. The maximum absolute atomic E-state index is 14.1. The number of halogens is 1. The highest BCUT2D eigenvalue weighted by atomic mass is 19.1. The predicted molar refractivity (Wildman–Crippen MR) is 73.9 cm³/mol. The number of methoxy groups -OCH3 is 1. The van der Waals surface area contributed by atoms with E-state index < -0.39 is 5.60 Å². The van der Waals surface area contributed by atoms with E-state index in [-0.39, 0.29) is 11.6 Å². The maximum atomic E-state index is 14.1. The molecule has 0 aromatic heterocycles. The molecular formula is C16H23FO2. The van der Waals surface area contributed by atoms with Crippen LogP contribution in [-0.2, 0) is 6.42 Å². The number of aliphatic hydroxyl groups is 1. The van der Waals surface area contributed by atoms with E-state index >= 15 is 0 Å². The van der Waals surface area contributed by atoms with Crippen molar-refractivity contribution in [1.29, 1.82) is 0 Å². The van der Waals surface area contributed by atoms with Gasteiger partial charge in [0.25, 0.3) is 0 Å². The summed E-state index contributed by atoms with van der Waals surface area (Å²) in [5, 5.41) is 10.7. The van der Waals surface area contributed by atoms with Crippen LogP contribution in [0.1, 0.15) is 44.6 Å². The van der Waals surface area contributed by atoms with E-state index in [1.165, 1.54) is 13.5 Å². The quantitative estimate of drug-likeness (QED) is 0.900. The number of ether oxygens (including phenoxy) is 1. The van der Waals surface area contributed by atoms with E-state index in [4.69, 9.17) is 4.74 Å². The first-order chi connectivity index (χ1) is 9.08. The van der Waals surface area contributed by atoms with E-state index in [2.05, 4.69) is 6.92 Å². The van der Waals surface area contributed by atoms with Gasteiger partial charge in [-0.3, -0.25) is 0 Å². The van der Waals surface area contributed by atoms with Gasteiger partial charge < -0.3 is 9.84 Å². The van der Waals surface area contributed by atoms with Crippen molar-refractivity contribution in [2.24, 2.45) is 5.92 Å². The van der Waals surface area contributed by atoms with Gasteiger partial charge in [-0.15, -0.1) is 0 Å². The smallest absolute Gasteiger partial charge is 0.168 e. The molecule has 2 nitrogen and oxygen atoms in total. The summed E-state index contributed by atoms with van der Waals surface area (Å²) in [6, 6.07) is 5.13. The monoisotopic (exact) mass is 266 g/mol. The summed E-state index contributed by atoms with van der Waals surface area (Å²) in [6.07, 6.45) is 5.22. The average Bonchev–Trinajstić information content (AvgIpc) is 2.41. The standard InChI is InChI=1S/C16H23FO2/c1-3-12-6-5-9-16(18,10-12)11-13-7-4-8-14(19-2)15(13)17/h4,7-8,12,18H,3,5-6,9-11H2,1-2H3. The van der Waals surface area contributed by atoms with Crippen LogP contribution in [-0.4, -0.2) is 17.8 Å². The first-order valence-electron chi connectivity index (χ1n) is 7.12. The molecule has 1 aromatic carbocycles. The van der Waals surface area contributed by atoms with Crippen LogP contribution in [0.2, 0.25) is 0 Å². The van der Waals surface area contributed by atoms with Gasteiger partial charge in [0, 0.05) is 6.42 Å². The molecule has 1 N–H and O–H groups in total. The Morgan fingerprint density at radius 3 is 2.95 bits per heavy atom. The third-order valence-electron chi connectivity index (χ3n) is 4.28. The zero-order valence-corrected chi connectivity index (χ0v) is 11.8. The topological polar surface area (TPSA) is 29.5 Å². The summed E-state index contributed by atoms with van der Waals surface area (Å²) in [6.45, 7) is 2.16. The summed E-state index contributed by atoms with van der Waals surface area (Å²) in [5.74, 6) is 0.480. The lowest BCUT2D eigenvalue weighted by molar-refractivity contribution is -0.0168. The van der Waals surface area contributed by atoms with Crippen molar-refractivity contribution in [3.8, 4) is 5.75 Å². The Bertz CT molecular complexity index is 433. The summed E-state index contributed by atoms with van der Waals surface area (Å²) in [7, 11) is 1.46. The van der Waals surface area contributed by atoms with Gasteiger partial charge in [-0.05, 0) is 30.4 Å². The normalized spacial score (nSPS) is 27.3. The molecule has 0 bridgehead atoms. The molecule has 106 valence electrons. The molecule has 0 heterocycles. The highest BCUT2D eigenvalue weighted by molar-refractivity contribution is 5.32. The van der Waals surface area contributed by atoms with E-state index in [1.54, 1.807) is 18.2 Å². The molecule has 0 radical (unpaired) electrons. The van der Waals surface area contributed by atoms with Crippen molar-refractivity contribution < 1.29 is 14.2 Å². The molecule has 0 spiro atoms. The second-order valence-electron chi connectivity index (χ2n) is 5.71. The lowest BCUT2D eigenvalue weighted by Crippen LogP contribution is -2.37. The fourth-order valence-electron chi connectivity index (χ4n) is 3.18. The molecule has 0 amide bonds. The minimum atomic E-state index is -0.758. The van der Waals surface area contributed by atoms with E-state index in [0.717, 1.165) is 25.7 Å². The zero-order valence-electron chi connectivity index (χ0n) is 11.8. The van der Waals surface area contributed by atoms with Crippen LogP contribution in [0.5, 0.6) is 5.75 Å². The van der Waals surface area contributed by atoms with Gasteiger partial charge >= 0.3 is 0 Å². The fraction of sp³-hybridized carbons (Fsp3) is 0.625.